The van der Waals surface area contributed by atoms with Crippen molar-refractivity contribution in [1.82, 2.24) is 0 Å². The second kappa shape index (κ2) is 5.68. The summed E-state index contributed by atoms with van der Waals surface area (Å²) in [6, 6.07) is 4.18. The third-order valence-corrected chi connectivity index (χ3v) is 2.75. The van der Waals surface area contributed by atoms with Gasteiger partial charge in [0.05, 0.1) is 6.61 Å². The largest absolute Gasteiger partial charge is 0.485 e. The predicted molar refractivity (Wildman–Crippen MR) is 63.4 cm³/mol. The van der Waals surface area contributed by atoms with E-state index in [0.717, 1.165) is 19.4 Å². The Morgan fingerprint density at radius 3 is 3.00 bits per heavy atom. The minimum Gasteiger partial charge on any atom is -0.485 e. The van der Waals surface area contributed by atoms with Crippen molar-refractivity contribution in [3.63, 3.8) is 0 Å². The zero-order valence-corrected chi connectivity index (χ0v) is 9.80. The number of hydrogen-bond acceptors (Lipinski definition) is 4. The number of halogens is 1. The number of amidine groups is 1. The molecule has 0 spiro atoms. The van der Waals surface area contributed by atoms with Crippen LogP contribution < -0.4 is 10.5 Å². The molecule has 2 rings (SSSR count). The van der Waals surface area contributed by atoms with Crippen LogP contribution in [0.1, 0.15) is 18.4 Å². The van der Waals surface area contributed by atoms with Crippen LogP contribution in [0, 0.1) is 5.82 Å². The van der Waals surface area contributed by atoms with Crippen LogP contribution in [0.5, 0.6) is 5.75 Å². The first kappa shape index (κ1) is 12.6. The molecule has 6 heteroatoms. The first-order valence-corrected chi connectivity index (χ1v) is 5.72. The lowest BCUT2D eigenvalue weighted by atomic mass is 10.1. The quantitative estimate of drug-likeness (QED) is 0.371. The molecular weight excluding hydrogens is 239 g/mol. The van der Waals surface area contributed by atoms with Crippen molar-refractivity contribution >= 4 is 5.84 Å². The first-order chi connectivity index (χ1) is 8.70. The van der Waals surface area contributed by atoms with E-state index in [0.29, 0.717) is 12.2 Å². The van der Waals surface area contributed by atoms with Gasteiger partial charge in [-0.3, -0.25) is 0 Å². The smallest absolute Gasteiger partial charge is 0.170 e. The van der Waals surface area contributed by atoms with E-state index in [1.807, 2.05) is 0 Å². The van der Waals surface area contributed by atoms with Crippen molar-refractivity contribution in [3.05, 3.63) is 29.6 Å². The van der Waals surface area contributed by atoms with Crippen molar-refractivity contribution < 1.29 is 19.1 Å². The van der Waals surface area contributed by atoms with Gasteiger partial charge in [0.25, 0.3) is 0 Å². The summed E-state index contributed by atoms with van der Waals surface area (Å²) in [7, 11) is 0. The highest BCUT2D eigenvalue weighted by atomic mass is 19.1. The van der Waals surface area contributed by atoms with Crippen LogP contribution in [0.4, 0.5) is 4.39 Å². The Morgan fingerprint density at radius 2 is 2.39 bits per heavy atom. The normalized spacial score (nSPS) is 20.7. The van der Waals surface area contributed by atoms with E-state index in [4.69, 9.17) is 20.4 Å². The number of ether oxygens (including phenoxy) is 2. The highest BCUT2D eigenvalue weighted by molar-refractivity contribution is 5.97. The molecule has 1 fully saturated rings. The van der Waals surface area contributed by atoms with E-state index < -0.39 is 5.82 Å². The average molecular weight is 254 g/mol. The summed E-state index contributed by atoms with van der Waals surface area (Å²) < 4.78 is 24.5. The number of benzene rings is 1. The van der Waals surface area contributed by atoms with Crippen LogP contribution in [-0.2, 0) is 4.74 Å². The summed E-state index contributed by atoms with van der Waals surface area (Å²) in [5.41, 5.74) is 5.68. The number of oxime groups is 1. The van der Waals surface area contributed by atoms with Gasteiger partial charge in [-0.2, -0.15) is 0 Å². The summed E-state index contributed by atoms with van der Waals surface area (Å²) in [5.74, 6) is -0.522. The monoisotopic (exact) mass is 254 g/mol. The van der Waals surface area contributed by atoms with Gasteiger partial charge in [0, 0.05) is 12.2 Å². The molecule has 0 aliphatic carbocycles. The number of nitrogens with two attached hydrogens (primary N) is 1. The minimum atomic E-state index is -0.537. The van der Waals surface area contributed by atoms with Crippen molar-refractivity contribution in [3.8, 4) is 5.75 Å². The topological polar surface area (TPSA) is 77.1 Å². The van der Waals surface area contributed by atoms with Crippen molar-refractivity contribution in [2.45, 2.75) is 18.9 Å². The molecule has 1 aromatic rings. The summed E-state index contributed by atoms with van der Waals surface area (Å²) in [5, 5.41) is 11.3. The maximum atomic E-state index is 13.7. The molecule has 0 bridgehead atoms. The lowest BCUT2D eigenvalue weighted by Gasteiger charge is -2.23. The Kier molecular flexibility index (Phi) is 3.99. The average Bonchev–Trinajstić information content (AvgIpc) is 2.41. The van der Waals surface area contributed by atoms with Crippen LogP contribution in [0.3, 0.4) is 0 Å². The van der Waals surface area contributed by atoms with Gasteiger partial charge in [-0.05, 0) is 31.0 Å². The number of rotatable bonds is 3. The Bertz CT molecular complexity index is 445. The van der Waals surface area contributed by atoms with Gasteiger partial charge in [-0.25, -0.2) is 4.39 Å². The van der Waals surface area contributed by atoms with Crippen LogP contribution in [-0.4, -0.2) is 30.4 Å². The Balaban J connectivity index is 2.09. The Labute approximate surface area is 104 Å². The molecule has 0 aromatic heterocycles. The lowest BCUT2D eigenvalue weighted by molar-refractivity contribution is 0.00588. The Morgan fingerprint density at radius 1 is 1.56 bits per heavy atom. The fourth-order valence-electron chi connectivity index (χ4n) is 1.80. The standard InChI is InChI=1S/C12H15FN2O3/c13-10-6-8(12(14)15-16)3-4-11(10)18-9-2-1-5-17-7-9/h3-4,6,9,16H,1-2,5,7H2,(H2,14,15). The number of hydrogen-bond donors (Lipinski definition) is 2. The van der Waals surface area contributed by atoms with Crippen LogP contribution in [0.15, 0.2) is 23.4 Å². The van der Waals surface area contributed by atoms with E-state index in [-0.39, 0.29) is 17.7 Å². The number of nitrogens with zero attached hydrogens (tertiary/aromatic N) is 1. The SMILES string of the molecule is N/C(=N/O)c1ccc(OC2CCCOC2)c(F)c1. The maximum absolute atomic E-state index is 13.7. The van der Waals surface area contributed by atoms with E-state index in [2.05, 4.69) is 5.16 Å². The van der Waals surface area contributed by atoms with Crippen LogP contribution in [0.25, 0.3) is 0 Å². The van der Waals surface area contributed by atoms with E-state index in [1.54, 1.807) is 0 Å². The highest BCUT2D eigenvalue weighted by Crippen LogP contribution is 2.22. The lowest BCUT2D eigenvalue weighted by Crippen LogP contribution is -2.28. The second-order valence-corrected chi connectivity index (χ2v) is 4.09. The Hall–Kier alpha value is -1.82. The summed E-state index contributed by atoms with van der Waals surface area (Å²) in [6.07, 6.45) is 1.64. The third kappa shape index (κ3) is 2.89. The first-order valence-electron chi connectivity index (χ1n) is 5.72. The van der Waals surface area contributed by atoms with E-state index >= 15 is 0 Å². The van der Waals surface area contributed by atoms with Crippen molar-refractivity contribution in [2.24, 2.45) is 10.9 Å². The van der Waals surface area contributed by atoms with Gasteiger partial charge in [0.1, 0.15) is 6.10 Å². The molecule has 3 N–H and O–H groups in total. The fraction of sp³-hybridized carbons (Fsp3) is 0.417. The molecule has 1 atom stereocenters. The molecule has 0 amide bonds. The summed E-state index contributed by atoms with van der Waals surface area (Å²) in [6.45, 7) is 1.20. The molecule has 1 unspecified atom stereocenters. The van der Waals surface area contributed by atoms with Crippen LogP contribution in [0.2, 0.25) is 0 Å². The van der Waals surface area contributed by atoms with E-state index in [9.17, 15) is 4.39 Å². The van der Waals surface area contributed by atoms with Crippen LogP contribution >= 0.6 is 0 Å². The minimum absolute atomic E-state index is 0.122. The van der Waals surface area contributed by atoms with Crippen molar-refractivity contribution in [2.75, 3.05) is 13.2 Å². The molecule has 1 aliphatic rings. The van der Waals surface area contributed by atoms with E-state index in [1.165, 1.54) is 18.2 Å². The second-order valence-electron chi connectivity index (χ2n) is 4.09. The molecule has 1 aliphatic heterocycles. The molecule has 0 radical (unpaired) electrons. The molecule has 1 saturated heterocycles. The van der Waals surface area contributed by atoms with Gasteiger partial charge >= 0.3 is 0 Å². The van der Waals surface area contributed by atoms with Gasteiger partial charge in [0.15, 0.2) is 17.4 Å². The molecule has 18 heavy (non-hydrogen) atoms. The highest BCUT2D eigenvalue weighted by Gasteiger charge is 2.17. The molecule has 1 aromatic carbocycles. The molecule has 5 nitrogen and oxygen atoms in total. The van der Waals surface area contributed by atoms with Gasteiger partial charge in [-0.1, -0.05) is 5.16 Å². The van der Waals surface area contributed by atoms with Gasteiger partial charge in [0.2, 0.25) is 0 Å². The van der Waals surface area contributed by atoms with Crippen molar-refractivity contribution in [1.29, 1.82) is 0 Å². The zero-order valence-electron chi connectivity index (χ0n) is 9.80. The third-order valence-electron chi connectivity index (χ3n) is 2.75. The zero-order chi connectivity index (χ0) is 13.0. The molecule has 1 heterocycles. The molecular formula is C12H15FN2O3. The molecule has 98 valence electrons. The molecule has 0 saturated carbocycles. The van der Waals surface area contributed by atoms with Gasteiger partial charge in [-0.15, -0.1) is 0 Å². The fourth-order valence-corrected chi connectivity index (χ4v) is 1.80. The summed E-state index contributed by atoms with van der Waals surface area (Å²) >= 11 is 0. The maximum Gasteiger partial charge on any atom is 0.170 e. The summed E-state index contributed by atoms with van der Waals surface area (Å²) in [4.78, 5) is 0. The van der Waals surface area contributed by atoms with Gasteiger partial charge < -0.3 is 20.4 Å². The predicted octanol–water partition coefficient (Wildman–Crippen LogP) is 1.48.